The molecule has 27 heavy (non-hydrogen) atoms. The zero-order valence-electron chi connectivity index (χ0n) is 14.3. The molecule has 2 aromatic carbocycles. The number of aromatic hydroxyl groups is 1. The Bertz CT molecular complexity index is 874. The Morgan fingerprint density at radius 3 is 2.78 bits per heavy atom. The number of phenols is 1. The molecule has 7 nitrogen and oxygen atoms in total. The van der Waals surface area contributed by atoms with Gasteiger partial charge in [-0.2, -0.15) is 5.10 Å². The standard InChI is InChI=1S/C18H17FIN3O4/c1-27-15-9-11(8-14(20)17(15)25)10-22-23-16(24)6-7-21-18(26)12-4-2-3-5-13(12)19/h2-5,8-10,25H,6-7H2,1H3,(H,21,26)(H,23,24). The molecule has 0 unspecified atom stereocenters. The number of hydrazone groups is 1. The normalized spacial score (nSPS) is 10.6. The number of nitrogens with one attached hydrogen (secondary N) is 2. The molecule has 0 spiro atoms. The molecule has 2 aromatic rings. The van der Waals surface area contributed by atoms with Gasteiger partial charge in [-0.25, -0.2) is 9.82 Å². The van der Waals surface area contributed by atoms with Crippen LogP contribution in [0.2, 0.25) is 0 Å². The first kappa shape index (κ1) is 20.6. The molecule has 0 aliphatic carbocycles. The molecule has 0 aliphatic rings. The van der Waals surface area contributed by atoms with E-state index in [0.717, 1.165) is 0 Å². The Labute approximate surface area is 168 Å². The number of ether oxygens (including phenoxy) is 1. The highest BCUT2D eigenvalue weighted by Crippen LogP contribution is 2.31. The van der Waals surface area contributed by atoms with Crippen LogP contribution in [0.5, 0.6) is 11.5 Å². The molecule has 0 saturated heterocycles. The molecule has 2 amide bonds. The molecule has 9 heteroatoms. The van der Waals surface area contributed by atoms with Gasteiger partial charge in [-0.1, -0.05) is 12.1 Å². The van der Waals surface area contributed by atoms with Crippen LogP contribution in [-0.4, -0.2) is 36.8 Å². The molecule has 0 heterocycles. The summed E-state index contributed by atoms with van der Waals surface area (Å²) < 4.78 is 19.1. The summed E-state index contributed by atoms with van der Waals surface area (Å²) in [6.45, 7) is 0.0411. The minimum Gasteiger partial charge on any atom is -0.504 e. The molecule has 2 rings (SSSR count). The summed E-state index contributed by atoms with van der Waals surface area (Å²) in [7, 11) is 1.43. The predicted molar refractivity (Wildman–Crippen MR) is 106 cm³/mol. The first-order valence-corrected chi connectivity index (χ1v) is 8.91. The summed E-state index contributed by atoms with van der Waals surface area (Å²) in [4.78, 5) is 23.6. The van der Waals surface area contributed by atoms with Crippen molar-refractivity contribution in [3.63, 3.8) is 0 Å². The van der Waals surface area contributed by atoms with Gasteiger partial charge in [0.2, 0.25) is 5.91 Å². The van der Waals surface area contributed by atoms with Crippen molar-refractivity contribution in [1.29, 1.82) is 0 Å². The van der Waals surface area contributed by atoms with Gasteiger partial charge in [-0.15, -0.1) is 0 Å². The maximum Gasteiger partial charge on any atom is 0.254 e. The highest BCUT2D eigenvalue weighted by Gasteiger charge is 2.11. The summed E-state index contributed by atoms with van der Waals surface area (Å²) >= 11 is 1.95. The molecule has 0 aliphatic heterocycles. The molecule has 0 atom stereocenters. The quantitative estimate of drug-likeness (QED) is 0.319. The number of rotatable bonds is 7. The number of hydrogen-bond donors (Lipinski definition) is 3. The second-order valence-corrected chi connectivity index (χ2v) is 6.49. The van der Waals surface area contributed by atoms with Crippen molar-refractivity contribution in [2.45, 2.75) is 6.42 Å². The summed E-state index contributed by atoms with van der Waals surface area (Å²) in [5.74, 6) is -1.30. The topological polar surface area (TPSA) is 100 Å². The Morgan fingerprint density at radius 1 is 1.33 bits per heavy atom. The van der Waals surface area contributed by atoms with Crippen molar-refractivity contribution in [3.8, 4) is 11.5 Å². The molecular formula is C18H17FIN3O4. The lowest BCUT2D eigenvalue weighted by Crippen LogP contribution is -2.29. The average molecular weight is 485 g/mol. The van der Waals surface area contributed by atoms with Crippen molar-refractivity contribution >= 4 is 40.6 Å². The van der Waals surface area contributed by atoms with Crippen LogP contribution in [0.3, 0.4) is 0 Å². The lowest BCUT2D eigenvalue weighted by molar-refractivity contribution is -0.120. The summed E-state index contributed by atoms with van der Waals surface area (Å²) in [6, 6.07) is 8.84. The number of hydrogen-bond acceptors (Lipinski definition) is 5. The Morgan fingerprint density at radius 2 is 2.07 bits per heavy atom. The Balaban J connectivity index is 1.81. The number of methoxy groups -OCH3 is 1. The SMILES string of the molecule is COc1cc(C=NNC(=O)CCNC(=O)c2ccccc2F)cc(I)c1O. The van der Waals surface area contributed by atoms with Crippen LogP contribution in [0.1, 0.15) is 22.3 Å². The van der Waals surface area contributed by atoms with Gasteiger partial charge in [0, 0.05) is 13.0 Å². The third-order valence-electron chi connectivity index (χ3n) is 3.43. The van der Waals surface area contributed by atoms with Crippen molar-refractivity contribution in [3.05, 3.63) is 56.9 Å². The minimum absolute atomic E-state index is 0.0199. The van der Waals surface area contributed by atoms with Crippen LogP contribution in [0.15, 0.2) is 41.5 Å². The van der Waals surface area contributed by atoms with Gasteiger partial charge in [0.15, 0.2) is 11.5 Å². The fourth-order valence-corrected chi connectivity index (χ4v) is 2.71. The van der Waals surface area contributed by atoms with Gasteiger partial charge in [-0.05, 0) is 52.4 Å². The number of nitrogens with zero attached hydrogens (tertiary/aromatic N) is 1. The molecule has 0 aromatic heterocycles. The van der Waals surface area contributed by atoms with Gasteiger partial charge < -0.3 is 15.2 Å². The van der Waals surface area contributed by atoms with Crippen molar-refractivity contribution in [2.24, 2.45) is 5.10 Å². The van der Waals surface area contributed by atoms with Gasteiger partial charge in [0.25, 0.3) is 5.91 Å². The van der Waals surface area contributed by atoms with Crippen LogP contribution < -0.4 is 15.5 Å². The van der Waals surface area contributed by atoms with Crippen LogP contribution in [0.25, 0.3) is 0 Å². The highest BCUT2D eigenvalue weighted by molar-refractivity contribution is 14.1. The van der Waals surface area contributed by atoms with E-state index in [0.29, 0.717) is 14.9 Å². The molecular weight excluding hydrogens is 468 g/mol. The number of carbonyl (C=O) groups excluding carboxylic acids is 2. The molecule has 0 fully saturated rings. The van der Waals surface area contributed by atoms with E-state index in [-0.39, 0.29) is 24.3 Å². The maximum absolute atomic E-state index is 13.5. The van der Waals surface area contributed by atoms with E-state index < -0.39 is 17.6 Å². The third kappa shape index (κ3) is 5.91. The predicted octanol–water partition coefficient (Wildman–Crippen LogP) is 2.41. The maximum atomic E-state index is 13.5. The van der Waals surface area contributed by atoms with Crippen LogP contribution in [0, 0.1) is 9.39 Å². The fraction of sp³-hybridized carbons (Fsp3) is 0.167. The largest absolute Gasteiger partial charge is 0.504 e. The van der Waals surface area contributed by atoms with Gasteiger partial charge in [0.05, 0.1) is 22.5 Å². The van der Waals surface area contributed by atoms with E-state index in [2.05, 4.69) is 15.8 Å². The number of benzene rings is 2. The second kappa shape index (κ2) is 9.86. The number of amides is 2. The van der Waals surface area contributed by atoms with Crippen molar-refractivity contribution in [1.82, 2.24) is 10.7 Å². The number of halogens is 2. The summed E-state index contributed by atoms with van der Waals surface area (Å²) in [5.41, 5.74) is 2.88. The summed E-state index contributed by atoms with van der Waals surface area (Å²) in [6.07, 6.45) is 1.38. The smallest absolute Gasteiger partial charge is 0.254 e. The highest BCUT2D eigenvalue weighted by atomic mass is 127. The molecule has 3 N–H and O–H groups in total. The van der Waals surface area contributed by atoms with E-state index >= 15 is 0 Å². The molecule has 0 radical (unpaired) electrons. The Kier molecular flexibility index (Phi) is 7.53. The summed E-state index contributed by atoms with van der Waals surface area (Å²) in [5, 5.41) is 16.1. The first-order valence-electron chi connectivity index (χ1n) is 7.83. The van der Waals surface area contributed by atoms with Gasteiger partial charge >= 0.3 is 0 Å². The number of phenolic OH excluding ortho intramolecular Hbond substituents is 1. The van der Waals surface area contributed by atoms with E-state index in [1.165, 1.54) is 31.5 Å². The zero-order chi connectivity index (χ0) is 19.8. The zero-order valence-corrected chi connectivity index (χ0v) is 16.5. The van der Waals surface area contributed by atoms with E-state index in [9.17, 15) is 19.1 Å². The first-order chi connectivity index (χ1) is 12.9. The Hall–Kier alpha value is -2.69. The van der Waals surface area contributed by atoms with Crippen LogP contribution in [0.4, 0.5) is 4.39 Å². The lowest BCUT2D eigenvalue weighted by atomic mass is 10.2. The van der Waals surface area contributed by atoms with E-state index in [1.807, 2.05) is 22.6 Å². The lowest BCUT2D eigenvalue weighted by Gasteiger charge is -2.06. The van der Waals surface area contributed by atoms with Gasteiger partial charge in [0.1, 0.15) is 5.82 Å². The van der Waals surface area contributed by atoms with Crippen LogP contribution in [-0.2, 0) is 4.79 Å². The monoisotopic (exact) mass is 485 g/mol. The number of carbonyl (C=O) groups is 2. The van der Waals surface area contributed by atoms with E-state index in [1.54, 1.807) is 18.2 Å². The third-order valence-corrected chi connectivity index (χ3v) is 4.25. The van der Waals surface area contributed by atoms with Crippen molar-refractivity contribution in [2.75, 3.05) is 13.7 Å². The van der Waals surface area contributed by atoms with Crippen molar-refractivity contribution < 1.29 is 23.8 Å². The van der Waals surface area contributed by atoms with Gasteiger partial charge in [-0.3, -0.25) is 9.59 Å². The van der Waals surface area contributed by atoms with Crippen LogP contribution >= 0.6 is 22.6 Å². The molecule has 0 bridgehead atoms. The van der Waals surface area contributed by atoms with E-state index in [4.69, 9.17) is 4.74 Å². The average Bonchev–Trinajstić information content (AvgIpc) is 2.64. The minimum atomic E-state index is -0.622. The molecule has 142 valence electrons. The fourth-order valence-electron chi connectivity index (χ4n) is 2.09. The molecule has 0 saturated carbocycles. The second-order valence-electron chi connectivity index (χ2n) is 5.33.